The van der Waals surface area contributed by atoms with E-state index in [9.17, 15) is 0 Å². The minimum atomic E-state index is 0.929. The topological polar surface area (TPSA) is 29.3 Å². The van der Waals surface area contributed by atoms with Crippen molar-refractivity contribution in [2.75, 3.05) is 12.4 Å². The summed E-state index contributed by atoms with van der Waals surface area (Å²) in [5.74, 6) is 0.929. The first-order valence-electron chi connectivity index (χ1n) is 3.92. The molecule has 0 unspecified atom stereocenters. The molecule has 2 rings (SSSR count). The highest BCUT2D eigenvalue weighted by Gasteiger charge is 2.00. The van der Waals surface area contributed by atoms with E-state index in [0.29, 0.717) is 0 Å². The van der Waals surface area contributed by atoms with Crippen LogP contribution in [0.25, 0.3) is 5.52 Å². The molecule has 12 heavy (non-hydrogen) atoms. The van der Waals surface area contributed by atoms with Crippen LogP contribution < -0.4 is 5.32 Å². The number of hydrogen-bond acceptors (Lipinski definition) is 2. The van der Waals surface area contributed by atoms with Gasteiger partial charge in [-0.05, 0) is 24.6 Å². The van der Waals surface area contributed by atoms with Gasteiger partial charge in [0.15, 0.2) is 5.82 Å². The maximum atomic E-state index is 4.21. The first-order valence-corrected chi connectivity index (χ1v) is 3.92. The zero-order valence-electron chi connectivity index (χ0n) is 7.20. The molecular formula is C9H11N3. The third-order valence-corrected chi connectivity index (χ3v) is 1.93. The summed E-state index contributed by atoms with van der Waals surface area (Å²) in [4.78, 5) is 4.21. The molecule has 3 nitrogen and oxygen atoms in total. The van der Waals surface area contributed by atoms with Gasteiger partial charge in [0.25, 0.3) is 0 Å². The van der Waals surface area contributed by atoms with Gasteiger partial charge in [0.1, 0.15) is 6.33 Å². The highest BCUT2D eigenvalue weighted by Crippen LogP contribution is 2.14. The first-order chi connectivity index (χ1) is 5.81. The van der Waals surface area contributed by atoms with Crippen LogP contribution in [-0.4, -0.2) is 16.4 Å². The summed E-state index contributed by atoms with van der Waals surface area (Å²) in [6.45, 7) is 2.08. The van der Waals surface area contributed by atoms with E-state index in [0.717, 1.165) is 11.3 Å². The summed E-state index contributed by atoms with van der Waals surface area (Å²) < 4.78 is 2.00. The van der Waals surface area contributed by atoms with Crippen LogP contribution in [0, 0.1) is 6.92 Å². The van der Waals surface area contributed by atoms with Crippen LogP contribution in [-0.2, 0) is 0 Å². The van der Waals surface area contributed by atoms with E-state index in [1.54, 1.807) is 6.33 Å². The summed E-state index contributed by atoms with van der Waals surface area (Å²) in [6, 6.07) is 4.17. The second kappa shape index (κ2) is 2.52. The van der Waals surface area contributed by atoms with E-state index in [4.69, 9.17) is 0 Å². The third-order valence-electron chi connectivity index (χ3n) is 1.93. The van der Waals surface area contributed by atoms with E-state index >= 15 is 0 Å². The Labute approximate surface area is 71.0 Å². The molecule has 62 valence electrons. The molecule has 0 aliphatic heterocycles. The van der Waals surface area contributed by atoms with E-state index < -0.39 is 0 Å². The SMILES string of the molecule is CNc1ncn2ccc(C)cc12. The second-order valence-electron chi connectivity index (χ2n) is 2.84. The molecule has 2 aromatic rings. The number of aryl methyl sites for hydroxylation is 1. The number of hydrogen-bond donors (Lipinski definition) is 1. The van der Waals surface area contributed by atoms with Crippen LogP contribution in [0.1, 0.15) is 5.56 Å². The van der Waals surface area contributed by atoms with Gasteiger partial charge < -0.3 is 9.72 Å². The molecule has 2 heterocycles. The molecule has 0 aromatic carbocycles. The maximum absolute atomic E-state index is 4.21. The number of aromatic nitrogens is 2. The monoisotopic (exact) mass is 161 g/mol. The lowest BCUT2D eigenvalue weighted by Gasteiger charge is -1.97. The van der Waals surface area contributed by atoms with Crippen molar-refractivity contribution in [3.8, 4) is 0 Å². The van der Waals surface area contributed by atoms with Crippen molar-refractivity contribution in [3.05, 3.63) is 30.2 Å². The normalized spacial score (nSPS) is 10.5. The predicted molar refractivity (Wildman–Crippen MR) is 49.5 cm³/mol. The van der Waals surface area contributed by atoms with Gasteiger partial charge in [0.2, 0.25) is 0 Å². The van der Waals surface area contributed by atoms with Gasteiger partial charge in [-0.25, -0.2) is 4.98 Å². The molecule has 1 N–H and O–H groups in total. The molecule has 0 saturated heterocycles. The number of imidazole rings is 1. The summed E-state index contributed by atoms with van der Waals surface area (Å²) in [5.41, 5.74) is 2.37. The zero-order valence-corrected chi connectivity index (χ0v) is 7.20. The Balaban J connectivity index is 2.75. The van der Waals surface area contributed by atoms with Crippen molar-refractivity contribution >= 4 is 11.3 Å². The molecule has 0 bridgehead atoms. The highest BCUT2D eigenvalue weighted by atomic mass is 15.1. The molecule has 0 aliphatic carbocycles. The summed E-state index contributed by atoms with van der Waals surface area (Å²) in [6.07, 6.45) is 3.82. The molecule has 0 amide bonds. The van der Waals surface area contributed by atoms with Crippen molar-refractivity contribution < 1.29 is 0 Å². The van der Waals surface area contributed by atoms with Crippen molar-refractivity contribution in [3.63, 3.8) is 0 Å². The fourth-order valence-corrected chi connectivity index (χ4v) is 1.29. The number of nitrogens with zero attached hydrogens (tertiary/aromatic N) is 2. The van der Waals surface area contributed by atoms with Crippen LogP contribution in [0.5, 0.6) is 0 Å². The smallest absolute Gasteiger partial charge is 0.151 e. The average molecular weight is 161 g/mol. The van der Waals surface area contributed by atoms with Gasteiger partial charge in [-0.3, -0.25) is 0 Å². The molecule has 2 aromatic heterocycles. The van der Waals surface area contributed by atoms with Gasteiger partial charge in [-0.15, -0.1) is 0 Å². The highest BCUT2D eigenvalue weighted by molar-refractivity contribution is 5.68. The molecule has 0 radical (unpaired) electrons. The summed E-state index contributed by atoms with van der Waals surface area (Å²) in [7, 11) is 1.88. The lowest BCUT2D eigenvalue weighted by Crippen LogP contribution is -1.89. The summed E-state index contributed by atoms with van der Waals surface area (Å²) >= 11 is 0. The van der Waals surface area contributed by atoms with E-state index in [1.807, 2.05) is 17.6 Å². The maximum Gasteiger partial charge on any atom is 0.151 e. The molecule has 0 saturated carbocycles. The fraction of sp³-hybridized carbons (Fsp3) is 0.222. The summed E-state index contributed by atoms with van der Waals surface area (Å²) in [5, 5.41) is 3.05. The number of nitrogens with one attached hydrogen (secondary N) is 1. The average Bonchev–Trinajstić information content (AvgIpc) is 2.46. The van der Waals surface area contributed by atoms with E-state index in [-0.39, 0.29) is 0 Å². The number of rotatable bonds is 1. The Hall–Kier alpha value is -1.51. The second-order valence-corrected chi connectivity index (χ2v) is 2.84. The number of anilines is 1. The van der Waals surface area contributed by atoms with E-state index in [1.165, 1.54) is 5.56 Å². The minimum absolute atomic E-state index is 0.929. The molecule has 0 aliphatic rings. The van der Waals surface area contributed by atoms with Crippen molar-refractivity contribution in [1.82, 2.24) is 9.38 Å². The molecular weight excluding hydrogens is 150 g/mol. The lowest BCUT2D eigenvalue weighted by molar-refractivity contribution is 1.14. The molecule has 0 fully saturated rings. The van der Waals surface area contributed by atoms with Gasteiger partial charge in [-0.1, -0.05) is 0 Å². The van der Waals surface area contributed by atoms with Crippen LogP contribution in [0.4, 0.5) is 5.82 Å². The van der Waals surface area contributed by atoms with Crippen molar-refractivity contribution in [1.29, 1.82) is 0 Å². The number of pyridine rings is 1. The van der Waals surface area contributed by atoms with Gasteiger partial charge >= 0.3 is 0 Å². The third kappa shape index (κ3) is 0.942. The van der Waals surface area contributed by atoms with Crippen molar-refractivity contribution in [2.45, 2.75) is 6.92 Å². The quantitative estimate of drug-likeness (QED) is 0.689. The zero-order chi connectivity index (χ0) is 8.55. The fourth-order valence-electron chi connectivity index (χ4n) is 1.29. The Morgan fingerprint density at radius 1 is 1.50 bits per heavy atom. The molecule has 0 spiro atoms. The minimum Gasteiger partial charge on any atom is -0.371 e. The standard InChI is InChI=1S/C9H11N3/c1-7-3-4-12-6-11-9(10-2)8(12)5-7/h3-6,10H,1-2H3. The Morgan fingerprint density at radius 3 is 3.08 bits per heavy atom. The Bertz CT molecular complexity index is 403. The van der Waals surface area contributed by atoms with Crippen LogP contribution >= 0.6 is 0 Å². The van der Waals surface area contributed by atoms with Crippen molar-refractivity contribution in [2.24, 2.45) is 0 Å². The first kappa shape index (κ1) is 7.16. The van der Waals surface area contributed by atoms with E-state index in [2.05, 4.69) is 29.4 Å². The van der Waals surface area contributed by atoms with Crippen LogP contribution in [0.15, 0.2) is 24.7 Å². The van der Waals surface area contributed by atoms with Gasteiger partial charge in [0.05, 0.1) is 5.52 Å². The lowest BCUT2D eigenvalue weighted by atomic mass is 10.3. The van der Waals surface area contributed by atoms with Crippen LogP contribution in [0.2, 0.25) is 0 Å². The Morgan fingerprint density at radius 2 is 2.33 bits per heavy atom. The van der Waals surface area contributed by atoms with Gasteiger partial charge in [0, 0.05) is 13.2 Å². The number of fused-ring (bicyclic) bond motifs is 1. The Kier molecular flexibility index (Phi) is 1.50. The largest absolute Gasteiger partial charge is 0.371 e. The molecule has 0 atom stereocenters. The van der Waals surface area contributed by atoms with Gasteiger partial charge in [-0.2, -0.15) is 0 Å². The molecule has 3 heteroatoms. The van der Waals surface area contributed by atoms with Crippen LogP contribution in [0.3, 0.4) is 0 Å². The predicted octanol–water partition coefficient (Wildman–Crippen LogP) is 1.68.